The van der Waals surface area contributed by atoms with Gasteiger partial charge < -0.3 is 14.4 Å². The van der Waals surface area contributed by atoms with Crippen LogP contribution in [0.25, 0.3) is 0 Å². The van der Waals surface area contributed by atoms with Crippen LogP contribution in [0.1, 0.15) is 51.0 Å². The van der Waals surface area contributed by atoms with Gasteiger partial charge in [0.1, 0.15) is 5.75 Å². The first-order valence-corrected chi connectivity index (χ1v) is 9.86. The van der Waals surface area contributed by atoms with Crippen LogP contribution in [0.5, 0.6) is 5.75 Å². The summed E-state index contributed by atoms with van der Waals surface area (Å²) in [5, 5.41) is 0. The quantitative estimate of drug-likeness (QED) is 0.461. The summed E-state index contributed by atoms with van der Waals surface area (Å²) in [6.45, 7) is 3.61. The molecule has 0 heterocycles. The van der Waals surface area contributed by atoms with Crippen LogP contribution < -0.4 is 4.74 Å². The van der Waals surface area contributed by atoms with Crippen LogP contribution in [-0.4, -0.2) is 43.6 Å². The van der Waals surface area contributed by atoms with E-state index in [1.165, 1.54) is 25.5 Å². The van der Waals surface area contributed by atoms with Crippen molar-refractivity contribution >= 4 is 11.9 Å². The molecule has 0 N–H and O–H groups in total. The van der Waals surface area contributed by atoms with E-state index in [0.717, 1.165) is 30.6 Å². The molecule has 27 heavy (non-hydrogen) atoms. The summed E-state index contributed by atoms with van der Waals surface area (Å²) < 4.78 is 10.2. The van der Waals surface area contributed by atoms with E-state index in [-0.39, 0.29) is 18.3 Å². The van der Waals surface area contributed by atoms with E-state index >= 15 is 0 Å². The number of amides is 1. The molecule has 0 atom stereocenters. The lowest BCUT2D eigenvalue weighted by Crippen LogP contribution is -2.35. The lowest BCUT2D eigenvalue weighted by molar-refractivity contribution is -0.141. The van der Waals surface area contributed by atoms with Crippen molar-refractivity contribution in [3.8, 4) is 5.75 Å². The minimum absolute atomic E-state index is 0.0412. The number of benzene rings is 1. The molecule has 5 heteroatoms. The first-order valence-electron chi connectivity index (χ1n) is 9.86. The van der Waals surface area contributed by atoms with Crippen molar-refractivity contribution < 1.29 is 19.1 Å². The largest absolute Gasteiger partial charge is 0.494 e. The number of rotatable bonds is 10. The fourth-order valence-electron chi connectivity index (χ4n) is 3.26. The second-order valence-corrected chi connectivity index (χ2v) is 6.82. The topological polar surface area (TPSA) is 55.8 Å². The summed E-state index contributed by atoms with van der Waals surface area (Å²) in [5.41, 5.74) is 2.38. The van der Waals surface area contributed by atoms with Crippen LogP contribution in [0.15, 0.2) is 35.9 Å². The van der Waals surface area contributed by atoms with Gasteiger partial charge in [0.2, 0.25) is 5.91 Å². The number of carbonyl (C=O) groups is 2. The zero-order chi connectivity index (χ0) is 19.5. The molecular formula is C22H31NO4. The predicted molar refractivity (Wildman–Crippen MR) is 106 cm³/mol. The molecule has 0 saturated carbocycles. The van der Waals surface area contributed by atoms with E-state index in [4.69, 9.17) is 9.47 Å². The van der Waals surface area contributed by atoms with Gasteiger partial charge in [-0.1, -0.05) is 23.8 Å². The Morgan fingerprint density at radius 1 is 1.11 bits per heavy atom. The molecule has 1 aliphatic carbocycles. The molecule has 0 saturated heterocycles. The van der Waals surface area contributed by atoms with Gasteiger partial charge in [-0.3, -0.25) is 9.59 Å². The number of allylic oxidation sites excluding steroid dienone is 1. The smallest absolute Gasteiger partial charge is 0.307 e. The molecule has 0 bridgehead atoms. The number of nitrogens with zero attached hydrogens (tertiary/aromatic N) is 1. The average Bonchev–Trinajstić information content (AvgIpc) is 2.70. The van der Waals surface area contributed by atoms with Crippen molar-refractivity contribution in [2.45, 2.75) is 51.9 Å². The molecule has 0 aliphatic heterocycles. The maximum Gasteiger partial charge on any atom is 0.307 e. The van der Waals surface area contributed by atoms with Crippen molar-refractivity contribution in [3.05, 3.63) is 41.5 Å². The van der Waals surface area contributed by atoms with E-state index in [1.807, 2.05) is 31.2 Å². The molecule has 1 aromatic rings. The molecule has 0 radical (unpaired) electrons. The molecule has 0 unspecified atom stereocenters. The fraction of sp³-hybridized carbons (Fsp3) is 0.545. The molecule has 1 aromatic carbocycles. The van der Waals surface area contributed by atoms with E-state index in [0.29, 0.717) is 26.1 Å². The van der Waals surface area contributed by atoms with E-state index in [9.17, 15) is 9.59 Å². The van der Waals surface area contributed by atoms with Crippen LogP contribution in [0, 0.1) is 0 Å². The minimum Gasteiger partial charge on any atom is -0.494 e. The Kier molecular flexibility index (Phi) is 8.89. The SMILES string of the molecule is CCOc1ccc(CC(=O)N(CCC(=O)OC)CCC2=CCCCC2)cc1. The summed E-state index contributed by atoms with van der Waals surface area (Å²) in [6, 6.07) is 7.62. The van der Waals surface area contributed by atoms with Gasteiger partial charge >= 0.3 is 5.97 Å². The van der Waals surface area contributed by atoms with Gasteiger partial charge in [-0.2, -0.15) is 0 Å². The Balaban J connectivity index is 1.95. The van der Waals surface area contributed by atoms with Gasteiger partial charge in [-0.25, -0.2) is 0 Å². The normalized spacial score (nSPS) is 13.6. The molecule has 1 aliphatic rings. The first-order chi connectivity index (χ1) is 13.1. The highest BCUT2D eigenvalue weighted by Crippen LogP contribution is 2.21. The number of esters is 1. The summed E-state index contributed by atoms with van der Waals surface area (Å²) in [6.07, 6.45) is 8.49. The average molecular weight is 373 g/mol. The molecule has 5 nitrogen and oxygen atoms in total. The third-order valence-corrected chi connectivity index (χ3v) is 4.84. The van der Waals surface area contributed by atoms with Crippen LogP contribution in [0.4, 0.5) is 0 Å². The third kappa shape index (κ3) is 7.45. The van der Waals surface area contributed by atoms with E-state index in [2.05, 4.69) is 6.08 Å². The Morgan fingerprint density at radius 2 is 1.89 bits per heavy atom. The van der Waals surface area contributed by atoms with Gasteiger partial charge in [0.15, 0.2) is 0 Å². The Morgan fingerprint density at radius 3 is 2.52 bits per heavy atom. The lowest BCUT2D eigenvalue weighted by atomic mass is 9.97. The van der Waals surface area contributed by atoms with Crippen molar-refractivity contribution in [3.63, 3.8) is 0 Å². The number of hydrogen-bond donors (Lipinski definition) is 0. The maximum absolute atomic E-state index is 12.8. The third-order valence-electron chi connectivity index (χ3n) is 4.84. The van der Waals surface area contributed by atoms with Gasteiger partial charge in [0.05, 0.1) is 26.6 Å². The van der Waals surface area contributed by atoms with Gasteiger partial charge in [0, 0.05) is 13.1 Å². The standard InChI is InChI=1S/C22H31NO4/c1-3-27-20-11-9-19(10-12-20)17-21(24)23(16-14-22(25)26-2)15-13-18-7-5-4-6-8-18/h7,9-12H,3-6,8,13-17H2,1-2H3. The van der Waals surface area contributed by atoms with Crippen LogP contribution >= 0.6 is 0 Å². The monoisotopic (exact) mass is 373 g/mol. The van der Waals surface area contributed by atoms with Crippen LogP contribution in [-0.2, 0) is 20.7 Å². The summed E-state index contributed by atoms with van der Waals surface area (Å²) >= 11 is 0. The Labute approximate surface area is 162 Å². The summed E-state index contributed by atoms with van der Waals surface area (Å²) in [5.74, 6) is 0.561. The van der Waals surface area contributed by atoms with Crippen molar-refractivity contribution in [2.75, 3.05) is 26.8 Å². The van der Waals surface area contributed by atoms with Gasteiger partial charge in [-0.05, 0) is 56.7 Å². The minimum atomic E-state index is -0.286. The highest BCUT2D eigenvalue weighted by atomic mass is 16.5. The second kappa shape index (κ2) is 11.4. The van der Waals surface area contributed by atoms with Crippen molar-refractivity contribution in [1.29, 1.82) is 0 Å². The van der Waals surface area contributed by atoms with E-state index in [1.54, 1.807) is 4.90 Å². The highest BCUT2D eigenvalue weighted by Gasteiger charge is 2.17. The molecule has 148 valence electrons. The predicted octanol–water partition coefficient (Wildman–Crippen LogP) is 3.91. The van der Waals surface area contributed by atoms with Crippen LogP contribution in [0.3, 0.4) is 0 Å². The van der Waals surface area contributed by atoms with Crippen LogP contribution in [0.2, 0.25) is 0 Å². The molecular weight excluding hydrogens is 342 g/mol. The van der Waals surface area contributed by atoms with Gasteiger partial charge in [0.25, 0.3) is 0 Å². The molecule has 0 spiro atoms. The van der Waals surface area contributed by atoms with Crippen molar-refractivity contribution in [1.82, 2.24) is 4.90 Å². The maximum atomic E-state index is 12.8. The lowest BCUT2D eigenvalue weighted by Gasteiger charge is -2.24. The zero-order valence-electron chi connectivity index (χ0n) is 16.5. The number of methoxy groups -OCH3 is 1. The second-order valence-electron chi connectivity index (χ2n) is 6.82. The summed E-state index contributed by atoms with van der Waals surface area (Å²) in [4.78, 5) is 26.1. The Bertz CT molecular complexity index is 636. The van der Waals surface area contributed by atoms with Crippen molar-refractivity contribution in [2.24, 2.45) is 0 Å². The Hall–Kier alpha value is -2.30. The van der Waals surface area contributed by atoms with E-state index < -0.39 is 0 Å². The van der Waals surface area contributed by atoms with Gasteiger partial charge in [-0.15, -0.1) is 0 Å². The molecule has 0 aromatic heterocycles. The molecule has 1 amide bonds. The first kappa shape index (κ1) is 21.0. The zero-order valence-corrected chi connectivity index (χ0v) is 16.5. The molecule has 0 fully saturated rings. The fourth-order valence-corrected chi connectivity index (χ4v) is 3.26. The number of carbonyl (C=O) groups excluding carboxylic acids is 2. The number of ether oxygens (including phenoxy) is 2. The summed E-state index contributed by atoms with van der Waals surface area (Å²) in [7, 11) is 1.38. The molecule has 2 rings (SSSR count). The highest BCUT2D eigenvalue weighted by molar-refractivity contribution is 5.79. The number of hydrogen-bond acceptors (Lipinski definition) is 4.